The smallest absolute Gasteiger partial charge is 0.264 e. The van der Waals surface area contributed by atoms with E-state index < -0.39 is 28.5 Å². The molecule has 1 saturated carbocycles. The maximum atomic E-state index is 14.2. The first kappa shape index (κ1) is 32.4. The predicted molar refractivity (Wildman–Crippen MR) is 170 cm³/mol. The Balaban J connectivity index is 1.71. The number of ether oxygens (including phenoxy) is 1. The Morgan fingerprint density at radius 1 is 0.977 bits per heavy atom. The third kappa shape index (κ3) is 8.30. The summed E-state index contributed by atoms with van der Waals surface area (Å²) in [5.74, 6) is -0.451. The number of amides is 2. The van der Waals surface area contributed by atoms with Crippen molar-refractivity contribution in [3.63, 3.8) is 0 Å². The van der Waals surface area contributed by atoms with Gasteiger partial charge in [-0.3, -0.25) is 13.9 Å². The van der Waals surface area contributed by atoms with Crippen LogP contribution in [0, 0.1) is 6.92 Å². The Bertz CT molecular complexity index is 1490. The van der Waals surface area contributed by atoms with Gasteiger partial charge in [-0.1, -0.05) is 72.8 Å². The number of halogens is 1. The highest BCUT2D eigenvalue weighted by molar-refractivity contribution is 7.92. The van der Waals surface area contributed by atoms with Gasteiger partial charge in [-0.2, -0.15) is 0 Å². The van der Waals surface area contributed by atoms with E-state index in [0.29, 0.717) is 17.4 Å². The molecular weight excluding hydrogens is 586 g/mol. The molecule has 3 aromatic rings. The number of para-hydroxylation sites is 2. The second kappa shape index (κ2) is 14.8. The number of hydrogen-bond acceptors (Lipinski definition) is 5. The van der Waals surface area contributed by atoms with Gasteiger partial charge in [0, 0.05) is 17.6 Å². The second-order valence-corrected chi connectivity index (χ2v) is 13.2. The zero-order valence-corrected chi connectivity index (χ0v) is 26.5. The lowest BCUT2D eigenvalue weighted by molar-refractivity contribution is -0.139. The van der Waals surface area contributed by atoms with Crippen LogP contribution in [-0.4, -0.2) is 50.4 Å². The van der Waals surface area contributed by atoms with Crippen molar-refractivity contribution in [3.8, 4) is 5.75 Å². The molecule has 0 aliphatic heterocycles. The van der Waals surface area contributed by atoms with Crippen LogP contribution in [0.1, 0.15) is 57.1 Å². The summed E-state index contributed by atoms with van der Waals surface area (Å²) in [6, 6.07) is 19.4. The van der Waals surface area contributed by atoms with E-state index in [0.717, 1.165) is 47.5 Å². The van der Waals surface area contributed by atoms with Crippen molar-refractivity contribution in [2.75, 3.05) is 17.5 Å². The highest BCUT2D eigenvalue weighted by Gasteiger charge is 2.34. The minimum absolute atomic E-state index is 0.0239. The average Bonchev–Trinajstić information content (AvgIpc) is 3.00. The average molecular weight is 626 g/mol. The second-order valence-electron chi connectivity index (χ2n) is 10.9. The largest absolute Gasteiger partial charge is 0.492 e. The van der Waals surface area contributed by atoms with E-state index in [1.807, 2.05) is 31.2 Å². The summed E-state index contributed by atoms with van der Waals surface area (Å²) in [6.45, 7) is 5.37. The van der Waals surface area contributed by atoms with Gasteiger partial charge in [0.25, 0.3) is 10.0 Å². The summed E-state index contributed by atoms with van der Waals surface area (Å²) in [5.41, 5.74) is 2.12. The van der Waals surface area contributed by atoms with Crippen molar-refractivity contribution in [3.05, 3.63) is 88.9 Å². The molecule has 4 rings (SSSR count). The molecule has 1 aliphatic rings. The van der Waals surface area contributed by atoms with Crippen LogP contribution in [0.25, 0.3) is 0 Å². The van der Waals surface area contributed by atoms with Crippen molar-refractivity contribution in [2.45, 2.75) is 76.4 Å². The Morgan fingerprint density at radius 2 is 1.63 bits per heavy atom. The van der Waals surface area contributed by atoms with Crippen molar-refractivity contribution >= 4 is 39.1 Å². The fraction of sp³-hybridized carbons (Fsp3) is 0.394. The number of aryl methyl sites for hydroxylation is 1. The molecule has 0 spiro atoms. The summed E-state index contributed by atoms with van der Waals surface area (Å²) in [4.78, 5) is 29.1. The van der Waals surface area contributed by atoms with Gasteiger partial charge in [0.1, 0.15) is 18.3 Å². The third-order valence-corrected chi connectivity index (χ3v) is 9.73. The normalized spacial score (nSPS) is 14.5. The number of hydrogen-bond donors (Lipinski definition) is 1. The first-order valence-electron chi connectivity index (χ1n) is 14.8. The number of benzene rings is 3. The maximum absolute atomic E-state index is 14.2. The number of carbonyl (C=O) groups excluding carboxylic acids is 2. The minimum atomic E-state index is -4.24. The summed E-state index contributed by atoms with van der Waals surface area (Å²) in [7, 11) is -4.24. The Morgan fingerprint density at radius 3 is 2.28 bits per heavy atom. The quantitative estimate of drug-likeness (QED) is 0.262. The van der Waals surface area contributed by atoms with E-state index in [2.05, 4.69) is 5.32 Å². The van der Waals surface area contributed by atoms with E-state index >= 15 is 0 Å². The minimum Gasteiger partial charge on any atom is -0.492 e. The van der Waals surface area contributed by atoms with E-state index in [1.165, 1.54) is 29.2 Å². The molecule has 230 valence electrons. The summed E-state index contributed by atoms with van der Waals surface area (Å²) in [5, 5.41) is 3.51. The van der Waals surface area contributed by atoms with Crippen LogP contribution in [0.2, 0.25) is 5.02 Å². The van der Waals surface area contributed by atoms with Crippen molar-refractivity contribution in [1.29, 1.82) is 0 Å². The molecule has 1 fully saturated rings. The first-order valence-corrected chi connectivity index (χ1v) is 16.6. The van der Waals surface area contributed by atoms with Gasteiger partial charge in [-0.25, -0.2) is 8.42 Å². The van der Waals surface area contributed by atoms with Crippen molar-refractivity contribution in [2.24, 2.45) is 0 Å². The number of nitrogens with zero attached hydrogens (tertiary/aromatic N) is 2. The third-order valence-electron chi connectivity index (χ3n) is 7.71. The maximum Gasteiger partial charge on any atom is 0.264 e. The van der Waals surface area contributed by atoms with Crippen molar-refractivity contribution < 1.29 is 22.7 Å². The monoisotopic (exact) mass is 625 g/mol. The number of carbonyl (C=O) groups is 2. The Kier molecular flexibility index (Phi) is 11.1. The van der Waals surface area contributed by atoms with Gasteiger partial charge in [0.2, 0.25) is 11.8 Å². The number of nitrogens with one attached hydrogen (secondary N) is 1. The molecule has 0 radical (unpaired) electrons. The van der Waals surface area contributed by atoms with Gasteiger partial charge in [-0.15, -0.1) is 0 Å². The molecule has 1 atom stereocenters. The molecule has 1 N–H and O–H groups in total. The van der Waals surface area contributed by atoms with Crippen molar-refractivity contribution in [1.82, 2.24) is 10.2 Å². The molecule has 0 bridgehead atoms. The summed E-state index contributed by atoms with van der Waals surface area (Å²) < 4.78 is 35.0. The summed E-state index contributed by atoms with van der Waals surface area (Å²) in [6.07, 6.45) is 5.09. The van der Waals surface area contributed by atoms with Crippen LogP contribution >= 0.6 is 11.6 Å². The molecule has 0 unspecified atom stereocenters. The Labute approximate surface area is 260 Å². The fourth-order valence-corrected chi connectivity index (χ4v) is 6.78. The molecule has 0 saturated heterocycles. The molecule has 0 heterocycles. The van der Waals surface area contributed by atoms with Gasteiger partial charge < -0.3 is 15.0 Å². The van der Waals surface area contributed by atoms with Crippen LogP contribution in [-0.2, 0) is 26.2 Å². The predicted octanol–water partition coefficient (Wildman–Crippen LogP) is 6.11. The lowest BCUT2D eigenvalue weighted by Crippen LogP contribution is -2.53. The van der Waals surface area contributed by atoms with Crippen LogP contribution in [0.15, 0.2) is 77.7 Å². The number of anilines is 1. The van der Waals surface area contributed by atoms with E-state index in [-0.39, 0.29) is 29.1 Å². The lowest BCUT2D eigenvalue weighted by atomic mass is 9.95. The molecular formula is C33H40ClN3O5S. The molecule has 10 heteroatoms. The SMILES string of the molecule is CCOc1ccccc1N(CC(=O)N(Cc1ccc(C)cc1)[C@@H](C)C(=O)NC1CCCCC1)S(=O)(=O)c1ccc(Cl)cc1. The molecule has 1 aliphatic carbocycles. The number of sulfonamides is 1. The zero-order valence-electron chi connectivity index (χ0n) is 25.0. The van der Waals surface area contributed by atoms with Crippen LogP contribution < -0.4 is 14.4 Å². The van der Waals surface area contributed by atoms with Gasteiger partial charge >= 0.3 is 0 Å². The molecule has 43 heavy (non-hydrogen) atoms. The summed E-state index contributed by atoms with van der Waals surface area (Å²) >= 11 is 6.04. The van der Waals surface area contributed by atoms with Gasteiger partial charge in [0.15, 0.2) is 0 Å². The van der Waals surface area contributed by atoms with E-state index in [1.54, 1.807) is 38.1 Å². The van der Waals surface area contributed by atoms with Crippen LogP contribution in [0.4, 0.5) is 5.69 Å². The highest BCUT2D eigenvalue weighted by Crippen LogP contribution is 2.33. The Hall–Kier alpha value is -3.56. The zero-order chi connectivity index (χ0) is 31.0. The van der Waals surface area contributed by atoms with E-state index in [9.17, 15) is 18.0 Å². The topological polar surface area (TPSA) is 96.0 Å². The molecule has 8 nitrogen and oxygen atoms in total. The van der Waals surface area contributed by atoms with Gasteiger partial charge in [0.05, 0.1) is 17.2 Å². The van der Waals surface area contributed by atoms with Crippen LogP contribution in [0.5, 0.6) is 5.75 Å². The lowest BCUT2D eigenvalue weighted by Gasteiger charge is -2.33. The fourth-order valence-electron chi connectivity index (χ4n) is 5.23. The molecule has 0 aromatic heterocycles. The van der Waals surface area contributed by atoms with Crippen LogP contribution in [0.3, 0.4) is 0 Å². The van der Waals surface area contributed by atoms with Gasteiger partial charge in [-0.05, 0) is 75.6 Å². The first-order chi connectivity index (χ1) is 20.6. The standard InChI is InChI=1S/C33H40ClN3O5S/c1-4-42-31-13-9-8-12-30(31)37(43(40,41)29-20-18-27(34)19-21-29)23-32(38)36(22-26-16-14-24(2)15-17-26)25(3)33(39)35-28-10-6-5-7-11-28/h8-9,12-21,25,28H,4-7,10-11,22-23H2,1-3H3,(H,35,39)/t25-/m0/s1. The highest BCUT2D eigenvalue weighted by atomic mass is 35.5. The molecule has 3 aromatic carbocycles. The molecule has 2 amide bonds. The van der Waals surface area contributed by atoms with E-state index in [4.69, 9.17) is 16.3 Å². The number of rotatable bonds is 12.